The highest BCUT2D eigenvalue weighted by Gasteiger charge is 2.27. The Morgan fingerprint density at radius 1 is 1.33 bits per heavy atom. The lowest BCUT2D eigenvalue weighted by Crippen LogP contribution is -2.37. The summed E-state index contributed by atoms with van der Waals surface area (Å²) in [5.41, 5.74) is 3.68. The van der Waals surface area contributed by atoms with Gasteiger partial charge in [0.05, 0.1) is 17.0 Å². The van der Waals surface area contributed by atoms with Gasteiger partial charge in [-0.2, -0.15) is 0 Å². The molecule has 5 heteroatoms. The number of anilines is 1. The van der Waals surface area contributed by atoms with Crippen molar-refractivity contribution in [1.29, 1.82) is 0 Å². The van der Waals surface area contributed by atoms with Crippen LogP contribution in [-0.4, -0.2) is 28.4 Å². The number of rotatable bonds is 1. The smallest absolute Gasteiger partial charge is 0.259 e. The summed E-state index contributed by atoms with van der Waals surface area (Å²) in [4.78, 5) is 18.5. The first-order valence-electron chi connectivity index (χ1n) is 6.74. The fraction of sp³-hybridized carbons (Fsp3) is 0.188. The third kappa shape index (κ3) is 2.38. The zero-order chi connectivity index (χ0) is 14.8. The number of fused-ring (bicyclic) bond motifs is 1. The number of nitrogens with zero attached hydrogens (tertiary/aromatic N) is 3. The van der Waals surface area contributed by atoms with E-state index in [1.165, 1.54) is 0 Å². The lowest BCUT2D eigenvalue weighted by atomic mass is 9.99. The van der Waals surface area contributed by atoms with Gasteiger partial charge in [0.2, 0.25) is 0 Å². The van der Waals surface area contributed by atoms with E-state index in [4.69, 9.17) is 5.21 Å². The number of carbonyl (C=O) groups excluding carboxylic acids is 1. The van der Waals surface area contributed by atoms with Crippen LogP contribution in [0.1, 0.15) is 27.9 Å². The van der Waals surface area contributed by atoms with Crippen molar-refractivity contribution in [3.05, 3.63) is 59.4 Å². The molecular weight excluding hydrogens is 266 g/mol. The van der Waals surface area contributed by atoms with Gasteiger partial charge in [-0.15, -0.1) is 0 Å². The van der Waals surface area contributed by atoms with Crippen molar-refractivity contribution in [2.75, 3.05) is 11.4 Å². The van der Waals surface area contributed by atoms with Crippen molar-refractivity contribution in [2.24, 2.45) is 5.16 Å². The average Bonchev–Trinajstić information content (AvgIpc) is 2.53. The monoisotopic (exact) mass is 281 g/mol. The van der Waals surface area contributed by atoms with Crippen LogP contribution in [-0.2, 0) is 0 Å². The first-order valence-corrected chi connectivity index (χ1v) is 6.74. The van der Waals surface area contributed by atoms with Crippen LogP contribution in [0.15, 0.2) is 47.9 Å². The van der Waals surface area contributed by atoms with E-state index in [-0.39, 0.29) is 5.91 Å². The number of carbonyl (C=O) groups is 1. The Labute approximate surface area is 122 Å². The second-order valence-corrected chi connectivity index (χ2v) is 5.02. The van der Waals surface area contributed by atoms with Crippen LogP contribution in [0, 0.1) is 6.92 Å². The molecule has 0 spiro atoms. The highest BCUT2D eigenvalue weighted by molar-refractivity contribution is 6.14. The van der Waals surface area contributed by atoms with Crippen LogP contribution in [0.25, 0.3) is 0 Å². The molecule has 21 heavy (non-hydrogen) atoms. The van der Waals surface area contributed by atoms with E-state index in [2.05, 4.69) is 10.1 Å². The van der Waals surface area contributed by atoms with Crippen molar-refractivity contribution < 1.29 is 10.0 Å². The first kappa shape index (κ1) is 13.3. The minimum atomic E-state index is -0.0874. The van der Waals surface area contributed by atoms with Crippen LogP contribution in [0.4, 0.5) is 5.69 Å². The molecule has 0 saturated carbocycles. The molecule has 1 amide bonds. The van der Waals surface area contributed by atoms with Gasteiger partial charge < -0.3 is 10.1 Å². The van der Waals surface area contributed by atoms with Crippen molar-refractivity contribution in [1.82, 2.24) is 4.98 Å². The molecule has 3 rings (SSSR count). The fourth-order valence-corrected chi connectivity index (χ4v) is 2.57. The maximum atomic E-state index is 12.7. The molecule has 0 fully saturated rings. The third-order valence-electron chi connectivity index (χ3n) is 3.57. The summed E-state index contributed by atoms with van der Waals surface area (Å²) >= 11 is 0. The predicted octanol–water partition coefficient (Wildman–Crippen LogP) is 2.62. The third-order valence-corrected chi connectivity index (χ3v) is 3.57. The standard InChI is InChI=1S/C16H15N3O2/c1-11-8-12(10-17-9-11)16(20)19-7-6-14(18-21)13-4-2-3-5-15(13)19/h2-5,8-10,21H,6-7H2,1H3. The Morgan fingerprint density at radius 2 is 2.14 bits per heavy atom. The summed E-state index contributed by atoms with van der Waals surface area (Å²) in [6.45, 7) is 2.40. The molecule has 106 valence electrons. The van der Waals surface area contributed by atoms with Crippen LogP contribution >= 0.6 is 0 Å². The number of para-hydroxylation sites is 1. The number of oxime groups is 1. The van der Waals surface area contributed by atoms with Crippen molar-refractivity contribution in [3.63, 3.8) is 0 Å². The number of hydrogen-bond donors (Lipinski definition) is 1. The van der Waals surface area contributed by atoms with E-state index in [1.807, 2.05) is 37.3 Å². The van der Waals surface area contributed by atoms with Crippen molar-refractivity contribution in [3.8, 4) is 0 Å². The number of aromatic nitrogens is 1. The summed E-state index contributed by atoms with van der Waals surface area (Å²) in [5.74, 6) is -0.0874. The largest absolute Gasteiger partial charge is 0.411 e. The summed E-state index contributed by atoms with van der Waals surface area (Å²) in [5, 5.41) is 12.4. The Morgan fingerprint density at radius 3 is 2.90 bits per heavy atom. The van der Waals surface area contributed by atoms with E-state index in [0.29, 0.717) is 24.2 Å². The lowest BCUT2D eigenvalue weighted by molar-refractivity contribution is 0.0986. The molecule has 0 radical (unpaired) electrons. The van der Waals surface area contributed by atoms with Crippen molar-refractivity contribution >= 4 is 17.3 Å². The molecule has 1 N–H and O–H groups in total. The Hall–Kier alpha value is -2.69. The minimum absolute atomic E-state index is 0.0874. The highest BCUT2D eigenvalue weighted by Crippen LogP contribution is 2.28. The zero-order valence-electron chi connectivity index (χ0n) is 11.7. The number of hydrogen-bond acceptors (Lipinski definition) is 4. The van der Waals surface area contributed by atoms with Crippen LogP contribution in [0.5, 0.6) is 0 Å². The molecule has 1 aromatic carbocycles. The zero-order valence-corrected chi connectivity index (χ0v) is 11.7. The van der Waals surface area contributed by atoms with Crippen LogP contribution in [0.2, 0.25) is 0 Å². The summed E-state index contributed by atoms with van der Waals surface area (Å²) < 4.78 is 0. The highest BCUT2D eigenvalue weighted by atomic mass is 16.4. The summed E-state index contributed by atoms with van der Waals surface area (Å²) in [7, 11) is 0. The summed E-state index contributed by atoms with van der Waals surface area (Å²) in [6, 6.07) is 9.28. The first-order chi connectivity index (χ1) is 10.2. The predicted molar refractivity (Wildman–Crippen MR) is 80.0 cm³/mol. The second kappa shape index (κ2) is 5.36. The van der Waals surface area contributed by atoms with E-state index in [9.17, 15) is 4.79 Å². The number of amides is 1. The van der Waals surface area contributed by atoms with Gasteiger partial charge in [-0.3, -0.25) is 9.78 Å². The van der Waals surface area contributed by atoms with E-state index >= 15 is 0 Å². The second-order valence-electron chi connectivity index (χ2n) is 5.02. The Bertz CT molecular complexity index is 725. The SMILES string of the molecule is Cc1cncc(C(=O)N2CCC(=NO)c3ccccc32)c1. The summed E-state index contributed by atoms with van der Waals surface area (Å²) in [6.07, 6.45) is 3.82. The van der Waals surface area contributed by atoms with Crippen LogP contribution in [0.3, 0.4) is 0 Å². The molecule has 0 atom stereocenters. The molecule has 2 aromatic rings. The van der Waals surface area contributed by atoms with E-state index < -0.39 is 0 Å². The Kier molecular flexibility index (Phi) is 3.39. The molecule has 0 saturated heterocycles. The van der Waals surface area contributed by atoms with Crippen molar-refractivity contribution in [2.45, 2.75) is 13.3 Å². The van der Waals surface area contributed by atoms with Gasteiger partial charge in [0, 0.05) is 30.9 Å². The van der Waals surface area contributed by atoms with Gasteiger partial charge in [0.25, 0.3) is 5.91 Å². The molecule has 1 aromatic heterocycles. The van der Waals surface area contributed by atoms with Gasteiger partial charge in [-0.05, 0) is 24.6 Å². The molecule has 5 nitrogen and oxygen atoms in total. The molecule has 1 aliphatic rings. The van der Waals surface area contributed by atoms with Gasteiger partial charge in [0.1, 0.15) is 0 Å². The topological polar surface area (TPSA) is 65.8 Å². The number of aryl methyl sites for hydroxylation is 1. The fourth-order valence-electron chi connectivity index (χ4n) is 2.57. The quantitative estimate of drug-likeness (QED) is 0.645. The molecule has 1 aliphatic heterocycles. The minimum Gasteiger partial charge on any atom is -0.411 e. The lowest BCUT2D eigenvalue weighted by Gasteiger charge is -2.29. The maximum Gasteiger partial charge on any atom is 0.259 e. The molecule has 0 aliphatic carbocycles. The van der Waals surface area contributed by atoms with Gasteiger partial charge in [0.15, 0.2) is 0 Å². The normalized spacial score (nSPS) is 15.9. The van der Waals surface area contributed by atoms with E-state index in [1.54, 1.807) is 17.3 Å². The van der Waals surface area contributed by atoms with Crippen LogP contribution < -0.4 is 4.90 Å². The molecule has 0 unspecified atom stereocenters. The molecular formula is C16H15N3O2. The van der Waals surface area contributed by atoms with Gasteiger partial charge in [-0.1, -0.05) is 23.4 Å². The average molecular weight is 281 g/mol. The van der Waals surface area contributed by atoms with Gasteiger partial charge >= 0.3 is 0 Å². The Balaban J connectivity index is 2.02. The number of pyridine rings is 1. The van der Waals surface area contributed by atoms with Gasteiger partial charge in [-0.25, -0.2) is 0 Å². The molecule has 0 bridgehead atoms. The maximum absolute atomic E-state index is 12.7. The molecule has 2 heterocycles. The van der Waals surface area contributed by atoms with E-state index in [0.717, 1.165) is 16.8 Å². The number of benzene rings is 1.